The molecule has 0 bridgehead atoms. The average Bonchev–Trinajstić information content (AvgIpc) is 3.02. The fourth-order valence-electron chi connectivity index (χ4n) is 3.10. The number of fused-ring (bicyclic) bond motifs is 2. The third-order valence-electron chi connectivity index (χ3n) is 4.67. The molecular weight excluding hydrogens is 405 g/mol. The highest BCUT2D eigenvalue weighted by Crippen LogP contribution is 2.33. The number of sulfone groups is 1. The minimum Gasteiger partial charge on any atom is -0.324 e. The van der Waals surface area contributed by atoms with Crippen LogP contribution in [0.3, 0.4) is 0 Å². The minimum atomic E-state index is -4.61. The van der Waals surface area contributed by atoms with Crippen LogP contribution in [0.1, 0.15) is 12.6 Å². The fraction of sp³-hybridized carbons (Fsp3) is 0.211. The van der Waals surface area contributed by atoms with Gasteiger partial charge in [0.25, 0.3) is 0 Å². The van der Waals surface area contributed by atoms with Crippen LogP contribution in [0.25, 0.3) is 33.5 Å². The molecule has 0 unspecified atom stereocenters. The molecule has 0 saturated carbocycles. The highest BCUT2D eigenvalue weighted by Gasteiger charge is 2.33. The predicted octanol–water partition coefficient (Wildman–Crippen LogP) is 4.00. The Balaban J connectivity index is 2.04. The maximum absolute atomic E-state index is 13.0. The molecule has 4 aromatic rings. The standard InChI is InChI=1S/C19H15F3N4O2S/c1-3-29(27,28)15-8-11-6-4-5-7-12(11)24-17(15)18-25-13-9-16(19(20,21)22)23-10-14(13)26(18)2/h4-10H,3H2,1-2H3. The molecule has 0 atom stereocenters. The smallest absolute Gasteiger partial charge is 0.324 e. The Morgan fingerprint density at radius 1 is 1.07 bits per heavy atom. The Bertz CT molecular complexity index is 1360. The Hall–Kier alpha value is -3.01. The van der Waals surface area contributed by atoms with E-state index in [1.807, 2.05) is 0 Å². The molecule has 0 N–H and O–H groups in total. The molecule has 0 spiro atoms. The van der Waals surface area contributed by atoms with Crippen molar-refractivity contribution in [3.05, 3.63) is 48.3 Å². The molecule has 3 aromatic heterocycles. The zero-order valence-corrected chi connectivity index (χ0v) is 16.2. The lowest BCUT2D eigenvalue weighted by atomic mass is 10.2. The van der Waals surface area contributed by atoms with E-state index in [9.17, 15) is 21.6 Å². The van der Waals surface area contributed by atoms with E-state index in [1.54, 1.807) is 31.3 Å². The van der Waals surface area contributed by atoms with Crippen LogP contribution in [0, 0.1) is 0 Å². The average molecular weight is 420 g/mol. The van der Waals surface area contributed by atoms with Gasteiger partial charge in [0.05, 0.1) is 33.4 Å². The highest BCUT2D eigenvalue weighted by molar-refractivity contribution is 7.91. The molecule has 0 saturated heterocycles. The zero-order chi connectivity index (χ0) is 21.0. The van der Waals surface area contributed by atoms with E-state index >= 15 is 0 Å². The van der Waals surface area contributed by atoms with Crippen LogP contribution in [-0.2, 0) is 23.1 Å². The van der Waals surface area contributed by atoms with Crippen LogP contribution in [0.15, 0.2) is 47.5 Å². The number of halogens is 3. The molecule has 0 aliphatic heterocycles. The van der Waals surface area contributed by atoms with Crippen molar-refractivity contribution in [3.63, 3.8) is 0 Å². The summed E-state index contributed by atoms with van der Waals surface area (Å²) in [5.41, 5.74) is -0.0264. The summed E-state index contributed by atoms with van der Waals surface area (Å²) in [6.45, 7) is 1.52. The molecule has 1 aromatic carbocycles. The Kier molecular flexibility index (Phi) is 4.34. The van der Waals surface area contributed by atoms with Crippen molar-refractivity contribution in [2.24, 2.45) is 7.05 Å². The molecule has 0 aliphatic carbocycles. The summed E-state index contributed by atoms with van der Waals surface area (Å²) in [4.78, 5) is 12.2. The van der Waals surface area contributed by atoms with Gasteiger partial charge in [0.1, 0.15) is 11.4 Å². The Morgan fingerprint density at radius 3 is 2.48 bits per heavy atom. The molecule has 3 heterocycles. The topological polar surface area (TPSA) is 77.7 Å². The zero-order valence-electron chi connectivity index (χ0n) is 15.4. The largest absolute Gasteiger partial charge is 0.433 e. The quantitative estimate of drug-likeness (QED) is 0.501. The van der Waals surface area contributed by atoms with E-state index in [1.165, 1.54) is 17.6 Å². The fourth-order valence-corrected chi connectivity index (χ4v) is 4.15. The first kappa shape index (κ1) is 19.3. The lowest BCUT2D eigenvalue weighted by molar-refractivity contribution is -0.141. The molecule has 0 aliphatic rings. The SMILES string of the molecule is CCS(=O)(=O)c1cc2ccccc2nc1-c1nc2cc(C(F)(F)F)ncc2n1C. The van der Waals surface area contributed by atoms with Crippen LogP contribution in [-0.4, -0.2) is 33.7 Å². The normalized spacial score (nSPS) is 12.7. The van der Waals surface area contributed by atoms with Crippen LogP contribution in [0.2, 0.25) is 0 Å². The van der Waals surface area contributed by atoms with Gasteiger partial charge in [-0.05, 0) is 18.2 Å². The first-order valence-electron chi connectivity index (χ1n) is 8.64. The molecule has 0 radical (unpaired) electrons. The number of para-hydroxylation sites is 1. The van der Waals surface area contributed by atoms with E-state index in [0.717, 1.165) is 12.3 Å². The first-order chi connectivity index (χ1) is 13.6. The summed E-state index contributed by atoms with van der Waals surface area (Å²) < 4.78 is 65.9. The number of aromatic nitrogens is 4. The van der Waals surface area contributed by atoms with Gasteiger partial charge in [0.15, 0.2) is 15.7 Å². The number of pyridine rings is 2. The third-order valence-corrected chi connectivity index (χ3v) is 6.41. The lowest BCUT2D eigenvalue weighted by Gasteiger charge is -2.10. The van der Waals surface area contributed by atoms with Crippen LogP contribution in [0.5, 0.6) is 0 Å². The lowest BCUT2D eigenvalue weighted by Crippen LogP contribution is -2.09. The summed E-state index contributed by atoms with van der Waals surface area (Å²) in [7, 11) is -2.08. The van der Waals surface area contributed by atoms with Crippen LogP contribution < -0.4 is 0 Å². The Morgan fingerprint density at radius 2 is 1.79 bits per heavy atom. The van der Waals surface area contributed by atoms with Gasteiger partial charge in [-0.15, -0.1) is 0 Å². The monoisotopic (exact) mass is 420 g/mol. The first-order valence-corrected chi connectivity index (χ1v) is 10.3. The number of imidazole rings is 1. The van der Waals surface area contributed by atoms with Crippen LogP contribution >= 0.6 is 0 Å². The number of benzene rings is 1. The van der Waals surface area contributed by atoms with Crippen molar-refractivity contribution in [2.75, 3.05) is 5.75 Å². The number of nitrogens with zero attached hydrogens (tertiary/aromatic N) is 4. The molecule has 29 heavy (non-hydrogen) atoms. The third kappa shape index (κ3) is 3.23. The maximum Gasteiger partial charge on any atom is 0.433 e. The number of aryl methyl sites for hydroxylation is 1. The number of hydrogen-bond acceptors (Lipinski definition) is 5. The Labute approximate surface area is 164 Å². The van der Waals surface area contributed by atoms with Gasteiger partial charge in [-0.1, -0.05) is 25.1 Å². The molecule has 4 rings (SSSR count). The molecule has 6 nitrogen and oxygen atoms in total. The van der Waals surface area contributed by atoms with Gasteiger partial charge in [-0.25, -0.2) is 23.4 Å². The summed E-state index contributed by atoms with van der Waals surface area (Å²) in [5.74, 6) is 0.00269. The van der Waals surface area contributed by atoms with Crippen molar-refractivity contribution in [1.82, 2.24) is 19.5 Å². The number of rotatable bonds is 3. The second-order valence-electron chi connectivity index (χ2n) is 6.48. The van der Waals surface area contributed by atoms with Gasteiger partial charge < -0.3 is 4.57 Å². The van der Waals surface area contributed by atoms with E-state index < -0.39 is 21.7 Å². The van der Waals surface area contributed by atoms with Gasteiger partial charge in [-0.2, -0.15) is 13.2 Å². The highest BCUT2D eigenvalue weighted by atomic mass is 32.2. The maximum atomic E-state index is 13.0. The van der Waals surface area contributed by atoms with Crippen molar-refractivity contribution in [2.45, 2.75) is 18.0 Å². The van der Waals surface area contributed by atoms with E-state index in [4.69, 9.17) is 0 Å². The predicted molar refractivity (Wildman–Crippen MR) is 102 cm³/mol. The summed E-state index contributed by atoms with van der Waals surface area (Å²) >= 11 is 0. The summed E-state index contributed by atoms with van der Waals surface area (Å²) in [6, 6.07) is 9.37. The molecule has 0 fully saturated rings. The number of hydrogen-bond donors (Lipinski definition) is 0. The second-order valence-corrected chi connectivity index (χ2v) is 8.73. The van der Waals surface area contributed by atoms with Crippen molar-refractivity contribution in [3.8, 4) is 11.5 Å². The van der Waals surface area contributed by atoms with Crippen molar-refractivity contribution in [1.29, 1.82) is 0 Å². The second kappa shape index (κ2) is 6.51. The van der Waals surface area contributed by atoms with Gasteiger partial charge in [0.2, 0.25) is 0 Å². The molecule has 150 valence electrons. The molecule has 10 heteroatoms. The summed E-state index contributed by atoms with van der Waals surface area (Å²) in [5, 5.41) is 0.642. The van der Waals surface area contributed by atoms with Gasteiger partial charge in [0, 0.05) is 12.4 Å². The molecular formula is C19H15F3N4O2S. The number of alkyl halides is 3. The summed E-state index contributed by atoms with van der Waals surface area (Å²) in [6.07, 6.45) is -3.53. The van der Waals surface area contributed by atoms with Gasteiger partial charge >= 0.3 is 6.18 Å². The van der Waals surface area contributed by atoms with E-state index in [0.29, 0.717) is 16.4 Å². The minimum absolute atomic E-state index is 0.0129. The van der Waals surface area contributed by atoms with E-state index in [2.05, 4.69) is 15.0 Å². The van der Waals surface area contributed by atoms with E-state index in [-0.39, 0.29) is 27.7 Å². The molecule has 0 amide bonds. The van der Waals surface area contributed by atoms with Crippen molar-refractivity contribution >= 4 is 31.8 Å². The van der Waals surface area contributed by atoms with Crippen LogP contribution in [0.4, 0.5) is 13.2 Å². The van der Waals surface area contributed by atoms with Crippen molar-refractivity contribution < 1.29 is 21.6 Å². The van der Waals surface area contributed by atoms with Gasteiger partial charge in [-0.3, -0.25) is 0 Å².